The van der Waals surface area contributed by atoms with Gasteiger partial charge in [-0.2, -0.15) is 5.10 Å². The van der Waals surface area contributed by atoms with E-state index in [1.54, 1.807) is 10.9 Å². The Morgan fingerprint density at radius 3 is 2.72 bits per heavy atom. The molecular formula is C19H22N4OS. The number of nitrogens with one attached hydrogen (secondary N) is 1. The standard InChI is InChI=1S/C19H22N4OS/c1-4-5-10-20-18(24)16-11-21-23(14(16)3)19-22-17(12-25-19)15-8-6-13(2)7-9-15/h6-9,11-12H,4-5,10H2,1-3H3,(H,20,24). The molecule has 0 saturated heterocycles. The van der Waals surface area contributed by atoms with Crippen LogP contribution in [0.25, 0.3) is 16.4 Å². The lowest BCUT2D eigenvalue weighted by Crippen LogP contribution is -2.24. The van der Waals surface area contributed by atoms with Gasteiger partial charge in [-0.1, -0.05) is 43.2 Å². The Kier molecular flexibility index (Phi) is 5.28. The van der Waals surface area contributed by atoms with Crippen molar-refractivity contribution in [1.29, 1.82) is 0 Å². The third-order valence-electron chi connectivity index (χ3n) is 4.09. The zero-order valence-electron chi connectivity index (χ0n) is 14.7. The zero-order chi connectivity index (χ0) is 17.8. The average Bonchev–Trinajstić information content (AvgIpc) is 3.22. The summed E-state index contributed by atoms with van der Waals surface area (Å²) in [5, 5.41) is 10.1. The van der Waals surface area contributed by atoms with Crippen LogP contribution in [-0.2, 0) is 0 Å². The van der Waals surface area contributed by atoms with Crippen LogP contribution in [-0.4, -0.2) is 27.2 Å². The molecule has 0 bridgehead atoms. The smallest absolute Gasteiger partial charge is 0.254 e. The first-order valence-electron chi connectivity index (χ1n) is 8.46. The number of aromatic nitrogens is 3. The molecule has 6 heteroatoms. The highest BCUT2D eigenvalue weighted by atomic mass is 32.1. The number of benzene rings is 1. The van der Waals surface area contributed by atoms with Crippen molar-refractivity contribution in [2.24, 2.45) is 0 Å². The summed E-state index contributed by atoms with van der Waals surface area (Å²) in [5.74, 6) is -0.0764. The number of hydrogen-bond acceptors (Lipinski definition) is 4. The lowest BCUT2D eigenvalue weighted by atomic mass is 10.1. The molecular weight excluding hydrogens is 332 g/mol. The molecule has 0 aliphatic heterocycles. The predicted molar refractivity (Wildman–Crippen MR) is 101 cm³/mol. The van der Waals surface area contributed by atoms with Gasteiger partial charge in [-0.25, -0.2) is 9.67 Å². The number of carbonyl (C=O) groups is 1. The molecule has 1 amide bonds. The highest BCUT2D eigenvalue weighted by Crippen LogP contribution is 2.25. The minimum absolute atomic E-state index is 0.0764. The summed E-state index contributed by atoms with van der Waals surface area (Å²) >= 11 is 1.52. The third kappa shape index (κ3) is 3.79. The van der Waals surface area contributed by atoms with E-state index in [0.29, 0.717) is 12.1 Å². The van der Waals surface area contributed by atoms with Crippen molar-refractivity contribution in [3.05, 3.63) is 52.7 Å². The fourth-order valence-corrected chi connectivity index (χ4v) is 3.36. The van der Waals surface area contributed by atoms with Crippen molar-refractivity contribution in [3.8, 4) is 16.4 Å². The Morgan fingerprint density at radius 1 is 1.24 bits per heavy atom. The normalized spacial score (nSPS) is 10.8. The molecule has 0 aliphatic carbocycles. The maximum absolute atomic E-state index is 12.3. The van der Waals surface area contributed by atoms with E-state index in [1.165, 1.54) is 16.9 Å². The molecule has 3 rings (SSSR count). The summed E-state index contributed by atoms with van der Waals surface area (Å²) in [6, 6.07) is 8.28. The van der Waals surface area contributed by atoms with E-state index in [0.717, 1.165) is 34.9 Å². The summed E-state index contributed by atoms with van der Waals surface area (Å²) in [6.07, 6.45) is 3.65. The van der Waals surface area contributed by atoms with Gasteiger partial charge in [0.2, 0.25) is 5.13 Å². The number of thiazole rings is 1. The molecule has 130 valence electrons. The SMILES string of the molecule is CCCCNC(=O)c1cnn(-c2nc(-c3ccc(C)cc3)cs2)c1C. The second-order valence-electron chi connectivity index (χ2n) is 6.05. The Bertz CT molecular complexity index is 864. The first-order chi connectivity index (χ1) is 12.1. The Morgan fingerprint density at radius 2 is 2.00 bits per heavy atom. The van der Waals surface area contributed by atoms with Crippen molar-refractivity contribution in [2.45, 2.75) is 33.6 Å². The molecule has 0 radical (unpaired) electrons. The van der Waals surface area contributed by atoms with E-state index in [2.05, 4.69) is 53.5 Å². The molecule has 1 N–H and O–H groups in total. The summed E-state index contributed by atoms with van der Waals surface area (Å²) in [5.41, 5.74) is 4.63. The Hall–Kier alpha value is -2.47. The van der Waals surface area contributed by atoms with E-state index in [9.17, 15) is 4.79 Å². The van der Waals surface area contributed by atoms with Gasteiger partial charge in [-0.05, 0) is 20.3 Å². The fourth-order valence-electron chi connectivity index (χ4n) is 2.52. The molecule has 2 heterocycles. The Balaban J connectivity index is 1.81. The zero-order valence-corrected chi connectivity index (χ0v) is 15.6. The van der Waals surface area contributed by atoms with Crippen LogP contribution in [0.2, 0.25) is 0 Å². The molecule has 3 aromatic rings. The van der Waals surface area contributed by atoms with E-state index in [4.69, 9.17) is 0 Å². The quantitative estimate of drug-likeness (QED) is 0.677. The molecule has 0 spiro atoms. The maximum atomic E-state index is 12.3. The number of amides is 1. The van der Waals surface area contributed by atoms with Gasteiger partial charge in [0.05, 0.1) is 23.1 Å². The minimum Gasteiger partial charge on any atom is -0.352 e. The van der Waals surface area contributed by atoms with Gasteiger partial charge >= 0.3 is 0 Å². The summed E-state index contributed by atoms with van der Waals surface area (Å²) in [6.45, 7) is 6.75. The summed E-state index contributed by atoms with van der Waals surface area (Å²) < 4.78 is 1.73. The Labute approximate surface area is 151 Å². The van der Waals surface area contributed by atoms with E-state index < -0.39 is 0 Å². The minimum atomic E-state index is -0.0764. The second-order valence-corrected chi connectivity index (χ2v) is 6.88. The first-order valence-corrected chi connectivity index (χ1v) is 9.34. The molecule has 0 unspecified atom stereocenters. The molecule has 0 fully saturated rings. The van der Waals surface area contributed by atoms with Crippen molar-refractivity contribution in [1.82, 2.24) is 20.1 Å². The third-order valence-corrected chi connectivity index (χ3v) is 4.91. The molecule has 0 saturated carbocycles. The van der Waals surface area contributed by atoms with Crippen LogP contribution in [0, 0.1) is 13.8 Å². The molecule has 0 aliphatic rings. The van der Waals surface area contributed by atoms with E-state index in [1.807, 2.05) is 12.3 Å². The largest absolute Gasteiger partial charge is 0.352 e. The van der Waals surface area contributed by atoms with Crippen molar-refractivity contribution >= 4 is 17.2 Å². The first kappa shape index (κ1) is 17.4. The van der Waals surface area contributed by atoms with Gasteiger partial charge in [0.1, 0.15) is 0 Å². The van der Waals surface area contributed by atoms with Gasteiger partial charge in [-0.3, -0.25) is 4.79 Å². The van der Waals surface area contributed by atoms with Crippen molar-refractivity contribution in [3.63, 3.8) is 0 Å². The predicted octanol–water partition coefficient (Wildman–Crippen LogP) is 4.14. The molecule has 2 aromatic heterocycles. The number of hydrogen-bond donors (Lipinski definition) is 1. The molecule has 5 nitrogen and oxygen atoms in total. The second kappa shape index (κ2) is 7.61. The maximum Gasteiger partial charge on any atom is 0.254 e. The van der Waals surface area contributed by atoms with Gasteiger partial charge in [0.25, 0.3) is 5.91 Å². The van der Waals surface area contributed by atoms with Crippen LogP contribution < -0.4 is 5.32 Å². The van der Waals surface area contributed by atoms with Crippen LogP contribution in [0.5, 0.6) is 0 Å². The van der Waals surface area contributed by atoms with Crippen LogP contribution in [0.3, 0.4) is 0 Å². The number of aryl methyl sites for hydroxylation is 1. The van der Waals surface area contributed by atoms with Crippen LogP contribution in [0.1, 0.15) is 41.4 Å². The monoisotopic (exact) mass is 354 g/mol. The van der Waals surface area contributed by atoms with E-state index in [-0.39, 0.29) is 5.91 Å². The molecule has 0 atom stereocenters. The topological polar surface area (TPSA) is 59.8 Å². The number of rotatable bonds is 6. The van der Waals surface area contributed by atoms with Gasteiger partial charge in [0, 0.05) is 17.5 Å². The molecule has 1 aromatic carbocycles. The lowest BCUT2D eigenvalue weighted by molar-refractivity contribution is 0.0952. The van der Waals surface area contributed by atoms with Gasteiger partial charge < -0.3 is 5.32 Å². The highest BCUT2D eigenvalue weighted by Gasteiger charge is 2.16. The number of carbonyl (C=O) groups excluding carboxylic acids is 1. The van der Waals surface area contributed by atoms with Crippen molar-refractivity contribution in [2.75, 3.05) is 6.54 Å². The number of unbranched alkanes of at least 4 members (excludes halogenated alkanes) is 1. The fraction of sp³-hybridized carbons (Fsp3) is 0.316. The summed E-state index contributed by atoms with van der Waals surface area (Å²) in [4.78, 5) is 16.9. The molecule has 25 heavy (non-hydrogen) atoms. The van der Waals surface area contributed by atoms with Crippen LogP contribution in [0.4, 0.5) is 0 Å². The number of nitrogens with zero attached hydrogens (tertiary/aromatic N) is 3. The highest BCUT2D eigenvalue weighted by molar-refractivity contribution is 7.12. The van der Waals surface area contributed by atoms with Gasteiger partial charge in [0.15, 0.2) is 0 Å². The van der Waals surface area contributed by atoms with Gasteiger partial charge in [-0.15, -0.1) is 11.3 Å². The van der Waals surface area contributed by atoms with Crippen LogP contribution >= 0.6 is 11.3 Å². The lowest BCUT2D eigenvalue weighted by Gasteiger charge is -2.04. The van der Waals surface area contributed by atoms with Crippen molar-refractivity contribution < 1.29 is 4.79 Å². The average molecular weight is 354 g/mol. The van der Waals surface area contributed by atoms with Crippen LogP contribution in [0.15, 0.2) is 35.8 Å². The van der Waals surface area contributed by atoms with E-state index >= 15 is 0 Å². The summed E-state index contributed by atoms with van der Waals surface area (Å²) in [7, 11) is 0.